The lowest BCUT2D eigenvalue weighted by Gasteiger charge is -2.33. The number of nitrogens with zero attached hydrogens (tertiary/aromatic N) is 2. The number of carbonyl (C=O) groups excluding carboxylic acids is 2. The molecule has 3 aromatic rings. The molecule has 41 heavy (non-hydrogen) atoms. The van der Waals surface area contributed by atoms with Crippen molar-refractivity contribution in [3.8, 4) is 0 Å². The van der Waals surface area contributed by atoms with Crippen LogP contribution in [0, 0.1) is 18.7 Å². The van der Waals surface area contributed by atoms with Crippen LogP contribution in [0.15, 0.2) is 71.6 Å². The Hall–Kier alpha value is -3.14. The van der Waals surface area contributed by atoms with Crippen LogP contribution in [-0.2, 0) is 26.2 Å². The van der Waals surface area contributed by atoms with Crippen molar-refractivity contribution in [1.82, 2.24) is 10.2 Å². The van der Waals surface area contributed by atoms with Crippen molar-refractivity contribution in [2.24, 2.45) is 5.92 Å². The first-order valence-corrected chi connectivity index (χ1v) is 15.4. The molecule has 3 rings (SSSR count). The third kappa shape index (κ3) is 8.44. The Morgan fingerprint density at radius 1 is 0.976 bits per heavy atom. The molecule has 3 aromatic carbocycles. The van der Waals surface area contributed by atoms with Gasteiger partial charge >= 0.3 is 0 Å². The van der Waals surface area contributed by atoms with Crippen LogP contribution >= 0.6 is 23.2 Å². The summed E-state index contributed by atoms with van der Waals surface area (Å²) in [5.74, 6) is -1.38. The summed E-state index contributed by atoms with van der Waals surface area (Å²) < 4.78 is 42.2. The number of hydrogen-bond donors (Lipinski definition) is 1. The first-order chi connectivity index (χ1) is 19.3. The lowest BCUT2D eigenvalue weighted by Crippen LogP contribution is -2.52. The molecule has 2 amide bonds. The number of nitrogens with one attached hydrogen (secondary N) is 1. The first kappa shape index (κ1) is 32.4. The van der Waals surface area contributed by atoms with Crippen LogP contribution in [0.4, 0.5) is 10.1 Å². The molecule has 0 saturated heterocycles. The molecule has 0 aliphatic heterocycles. The lowest BCUT2D eigenvalue weighted by atomic mass is 10.1. The molecule has 0 saturated carbocycles. The van der Waals surface area contributed by atoms with Gasteiger partial charge in [0.05, 0.1) is 10.6 Å². The van der Waals surface area contributed by atoms with E-state index in [1.165, 1.54) is 4.90 Å². The maximum Gasteiger partial charge on any atom is 0.264 e. The number of sulfonamides is 1. The van der Waals surface area contributed by atoms with E-state index in [1.807, 2.05) is 20.8 Å². The number of halogens is 3. The number of hydrogen-bond acceptors (Lipinski definition) is 4. The van der Waals surface area contributed by atoms with Gasteiger partial charge in [0, 0.05) is 23.1 Å². The fourth-order valence-corrected chi connectivity index (χ4v) is 6.03. The van der Waals surface area contributed by atoms with Gasteiger partial charge in [0.25, 0.3) is 10.0 Å². The summed E-state index contributed by atoms with van der Waals surface area (Å²) in [6.07, 6.45) is 0.274. The van der Waals surface area contributed by atoms with Gasteiger partial charge in [-0.15, -0.1) is 0 Å². The number of aryl methyl sites for hydroxylation is 1. The van der Waals surface area contributed by atoms with Gasteiger partial charge in [0.1, 0.15) is 18.4 Å². The summed E-state index contributed by atoms with van der Waals surface area (Å²) in [5, 5.41) is 3.60. The van der Waals surface area contributed by atoms with Crippen molar-refractivity contribution in [2.45, 2.75) is 51.6 Å². The molecule has 0 aliphatic carbocycles. The van der Waals surface area contributed by atoms with Crippen molar-refractivity contribution in [1.29, 1.82) is 0 Å². The molecule has 11 heteroatoms. The van der Waals surface area contributed by atoms with E-state index < -0.39 is 34.3 Å². The molecule has 0 aromatic heterocycles. The highest BCUT2D eigenvalue weighted by atomic mass is 35.5. The highest BCUT2D eigenvalue weighted by Gasteiger charge is 2.34. The zero-order chi connectivity index (χ0) is 30.3. The highest BCUT2D eigenvalue weighted by Crippen LogP contribution is 2.27. The summed E-state index contributed by atoms with van der Waals surface area (Å²) in [6, 6.07) is 15.0. The normalized spacial score (nSPS) is 12.2. The Kier molecular flexibility index (Phi) is 11.2. The largest absolute Gasteiger partial charge is 0.354 e. The second-order valence-corrected chi connectivity index (χ2v) is 12.8. The third-order valence-electron chi connectivity index (χ3n) is 6.43. The van der Waals surface area contributed by atoms with E-state index >= 15 is 0 Å². The summed E-state index contributed by atoms with van der Waals surface area (Å²) in [5.41, 5.74) is 1.68. The molecule has 0 radical (unpaired) electrons. The van der Waals surface area contributed by atoms with Crippen molar-refractivity contribution in [3.05, 3.63) is 93.7 Å². The van der Waals surface area contributed by atoms with Crippen molar-refractivity contribution < 1.29 is 22.4 Å². The number of rotatable bonds is 12. The van der Waals surface area contributed by atoms with Crippen LogP contribution in [0.3, 0.4) is 0 Å². The number of carbonyl (C=O) groups is 2. The van der Waals surface area contributed by atoms with Gasteiger partial charge < -0.3 is 10.2 Å². The second-order valence-electron chi connectivity index (χ2n) is 10.1. The fourth-order valence-electron chi connectivity index (χ4n) is 4.15. The highest BCUT2D eigenvalue weighted by molar-refractivity contribution is 7.92. The van der Waals surface area contributed by atoms with Gasteiger partial charge in [-0.1, -0.05) is 67.7 Å². The van der Waals surface area contributed by atoms with Crippen molar-refractivity contribution in [2.75, 3.05) is 17.4 Å². The van der Waals surface area contributed by atoms with Gasteiger partial charge in [0.2, 0.25) is 11.8 Å². The quantitative estimate of drug-likeness (QED) is 0.260. The minimum atomic E-state index is -4.30. The number of anilines is 1. The van der Waals surface area contributed by atoms with E-state index in [0.29, 0.717) is 22.2 Å². The average Bonchev–Trinajstić information content (AvgIpc) is 2.92. The predicted octanol–water partition coefficient (Wildman–Crippen LogP) is 6.22. The maximum atomic E-state index is 14.1. The second kappa shape index (κ2) is 14.2. The Bertz CT molecular complexity index is 1470. The van der Waals surface area contributed by atoms with Gasteiger partial charge in [-0.25, -0.2) is 12.8 Å². The predicted molar refractivity (Wildman–Crippen MR) is 161 cm³/mol. The molecular weight excluding hydrogens is 588 g/mol. The SMILES string of the molecule is CC[C@@H](C(=O)NCC(C)C)N(Cc1ccc(Cl)cc1Cl)C(=O)CN(c1ccc(C)cc1)S(=O)(=O)c1ccc(F)cc1. The summed E-state index contributed by atoms with van der Waals surface area (Å²) >= 11 is 12.5. The Labute approximate surface area is 251 Å². The van der Waals surface area contributed by atoms with E-state index in [2.05, 4.69) is 5.32 Å². The molecule has 0 aliphatic rings. The summed E-state index contributed by atoms with van der Waals surface area (Å²) in [7, 11) is -4.30. The van der Waals surface area contributed by atoms with Crippen LogP contribution < -0.4 is 9.62 Å². The molecule has 1 atom stereocenters. The molecular formula is C30H34Cl2FN3O4S. The van der Waals surface area contributed by atoms with E-state index in [0.717, 1.165) is 34.1 Å². The van der Waals surface area contributed by atoms with E-state index in [-0.39, 0.29) is 35.4 Å². The van der Waals surface area contributed by atoms with Crippen LogP contribution in [0.2, 0.25) is 10.0 Å². The molecule has 220 valence electrons. The molecule has 0 bridgehead atoms. The molecule has 0 unspecified atom stereocenters. The van der Waals surface area contributed by atoms with Gasteiger partial charge in [0.15, 0.2) is 0 Å². The van der Waals surface area contributed by atoms with Gasteiger partial charge in [-0.3, -0.25) is 13.9 Å². The van der Waals surface area contributed by atoms with Crippen LogP contribution in [0.25, 0.3) is 0 Å². The Balaban J connectivity index is 2.06. The number of amides is 2. The first-order valence-electron chi connectivity index (χ1n) is 13.2. The minimum Gasteiger partial charge on any atom is -0.354 e. The van der Waals surface area contributed by atoms with E-state index in [9.17, 15) is 22.4 Å². The zero-order valence-corrected chi connectivity index (χ0v) is 25.7. The van der Waals surface area contributed by atoms with Crippen molar-refractivity contribution in [3.63, 3.8) is 0 Å². The lowest BCUT2D eigenvalue weighted by molar-refractivity contribution is -0.140. The van der Waals surface area contributed by atoms with E-state index in [4.69, 9.17) is 23.2 Å². The summed E-state index contributed by atoms with van der Waals surface area (Å²) in [4.78, 5) is 28.5. The van der Waals surface area contributed by atoms with Crippen LogP contribution in [0.1, 0.15) is 38.3 Å². The van der Waals surface area contributed by atoms with Crippen LogP contribution in [0.5, 0.6) is 0 Å². The smallest absolute Gasteiger partial charge is 0.264 e. The summed E-state index contributed by atoms with van der Waals surface area (Å²) in [6.45, 7) is 7.29. The van der Waals surface area contributed by atoms with Gasteiger partial charge in [-0.05, 0) is 73.4 Å². The maximum absolute atomic E-state index is 14.1. The minimum absolute atomic E-state index is 0.0548. The van der Waals surface area contributed by atoms with Crippen LogP contribution in [-0.4, -0.2) is 44.3 Å². The molecule has 0 fully saturated rings. The standard InChI is InChI=1S/C30H34Cl2FN3O4S/c1-5-28(30(38)34-17-20(2)3)35(18-22-8-9-23(31)16-27(22)32)29(37)19-36(25-12-6-21(4)7-13-25)41(39,40)26-14-10-24(33)11-15-26/h6-16,20,28H,5,17-19H2,1-4H3,(H,34,38)/t28-/m0/s1. The van der Waals surface area contributed by atoms with E-state index in [1.54, 1.807) is 49.4 Å². The Morgan fingerprint density at radius 2 is 1.61 bits per heavy atom. The van der Waals surface area contributed by atoms with Gasteiger partial charge in [-0.2, -0.15) is 0 Å². The fraction of sp³-hybridized carbons (Fsp3) is 0.333. The number of benzene rings is 3. The monoisotopic (exact) mass is 621 g/mol. The Morgan fingerprint density at radius 3 is 2.17 bits per heavy atom. The zero-order valence-electron chi connectivity index (χ0n) is 23.4. The van der Waals surface area contributed by atoms with Crippen molar-refractivity contribution >= 4 is 50.7 Å². The molecule has 0 heterocycles. The molecule has 1 N–H and O–H groups in total. The third-order valence-corrected chi connectivity index (χ3v) is 8.80. The average molecular weight is 623 g/mol. The molecule has 7 nitrogen and oxygen atoms in total. The topological polar surface area (TPSA) is 86.8 Å². The molecule has 0 spiro atoms.